The number of anilines is 1. The van der Waals surface area contributed by atoms with Crippen LogP contribution in [0.4, 0.5) is 17.2 Å². The van der Waals surface area contributed by atoms with E-state index in [1.54, 1.807) is 37.5 Å². The predicted molar refractivity (Wildman–Crippen MR) is 190 cm³/mol. The molecule has 0 fully saturated rings. The highest BCUT2D eigenvalue weighted by molar-refractivity contribution is 9.09. The molecule has 4 N–H and O–H groups in total. The number of fused-ring (bicyclic) bond motifs is 2. The number of nitrogens with two attached hydrogens (primary N) is 2. The summed E-state index contributed by atoms with van der Waals surface area (Å²) in [5, 5.41) is 0. The maximum atomic E-state index is 9.46. The number of aryl methyl sites for hydroxylation is 2. The Kier molecular flexibility index (Phi) is 24.3. The van der Waals surface area contributed by atoms with Crippen LogP contribution in [0.5, 0.6) is 0 Å². The number of nitrogens with zero attached hydrogens (tertiary/aromatic N) is 7. The lowest BCUT2D eigenvalue weighted by Crippen LogP contribution is -1.98. The fourth-order valence-electron chi connectivity index (χ4n) is 2.89. The maximum Gasteiger partial charge on any atom is 0.205 e. The van der Waals surface area contributed by atoms with Gasteiger partial charge in [-0.3, -0.25) is 4.98 Å². The summed E-state index contributed by atoms with van der Waals surface area (Å²) >= 11 is 3.01. The molecule has 0 radical (unpaired) electrons. The molecule has 5 aromatic rings. The second-order valence-electron chi connectivity index (χ2n) is 8.44. The number of nitrogen functional groups attached to an aromatic ring is 1. The molecule has 0 aromatic carbocycles. The van der Waals surface area contributed by atoms with Crippen molar-refractivity contribution >= 4 is 57.0 Å². The molecule has 0 aliphatic carbocycles. The first-order chi connectivity index (χ1) is 20.1. The number of carbonyl (C=O) groups excluding carboxylic acids is 2. The number of aromatic nitrogens is 5. The van der Waals surface area contributed by atoms with Crippen molar-refractivity contribution in [3.8, 4) is 0 Å². The van der Waals surface area contributed by atoms with Gasteiger partial charge in [-0.05, 0) is 44.5 Å². The van der Waals surface area contributed by atoms with Crippen LogP contribution >= 0.6 is 15.9 Å². The Morgan fingerprint density at radius 3 is 1.71 bits per heavy atom. The molecule has 1 unspecified atom stereocenters. The van der Waals surface area contributed by atoms with Crippen LogP contribution in [0.25, 0.3) is 21.0 Å². The van der Waals surface area contributed by atoms with Crippen LogP contribution in [0.1, 0.15) is 59.5 Å². The summed E-state index contributed by atoms with van der Waals surface area (Å²) in [6, 6.07) is 10.8. The molecule has 12 heteroatoms. The Balaban J connectivity index is -0.000000509. The monoisotopic (exact) mass is 679 g/mol. The average Bonchev–Trinajstić information content (AvgIpc) is 3.59. The Hall–Kier alpha value is -4.91. The van der Waals surface area contributed by atoms with E-state index in [2.05, 4.69) is 40.6 Å². The van der Waals surface area contributed by atoms with E-state index in [1.807, 2.05) is 60.2 Å². The summed E-state index contributed by atoms with van der Waals surface area (Å²) in [5.41, 5.74) is 17.1. The average molecular weight is 681 g/mol. The number of aldehydes is 2. The number of hydrogen-bond donors (Lipinski definition) is 2. The van der Waals surface area contributed by atoms with Crippen LogP contribution in [-0.4, -0.2) is 41.2 Å². The molecule has 0 amide bonds. The van der Waals surface area contributed by atoms with Crippen LogP contribution in [0, 0.1) is 27.0 Å². The third-order valence-corrected chi connectivity index (χ3v) is 5.26. The third-order valence-electron chi connectivity index (χ3n) is 5.05. The smallest absolute Gasteiger partial charge is 0.205 e. The highest BCUT2D eigenvalue weighted by Gasteiger charge is 1.99. The van der Waals surface area contributed by atoms with Gasteiger partial charge in [0.1, 0.15) is 29.7 Å². The molecule has 0 aliphatic rings. The van der Waals surface area contributed by atoms with Gasteiger partial charge in [-0.25, -0.2) is 19.7 Å². The van der Waals surface area contributed by atoms with Gasteiger partial charge in [-0.15, -0.1) is 0 Å². The molecule has 5 rings (SSSR count). The Morgan fingerprint density at radius 1 is 0.844 bits per heavy atom. The lowest BCUT2D eigenvalue weighted by Gasteiger charge is -1.99. The summed E-state index contributed by atoms with van der Waals surface area (Å²) in [4.78, 5) is 37.2. The molecular formula is C33H46BrN9O2. The quantitative estimate of drug-likeness (QED) is 0.112. The Morgan fingerprint density at radius 2 is 1.31 bits per heavy atom. The van der Waals surface area contributed by atoms with Crippen molar-refractivity contribution in [1.29, 1.82) is 0 Å². The standard InChI is InChI=1S/C9H7N3.C9H11N3.C6H5N3.C3H5BrO.C3H6O.3CH4/c1-7-5-11-9-4-3-8(10-2)6-12(7)9;1-7-5-11-9-3-2-8(4-10)6-12(7)9;1-8-5-2-3-6(7)9-4-5;1-3(4)2-5;1-2-3-4;;;/h3-6H,1H3;2-3,5-6H,4,10H2,1H3;2-4H,(H2,7,9);2-3H,1H3;3H,2H2,1H3;3*1H4. The second kappa shape index (κ2) is 24.5. The van der Waals surface area contributed by atoms with Gasteiger partial charge < -0.3 is 29.9 Å². The fraction of sp³-hybridized carbons (Fsp3) is 0.303. The van der Waals surface area contributed by atoms with Crippen molar-refractivity contribution in [1.82, 2.24) is 23.8 Å². The van der Waals surface area contributed by atoms with E-state index in [4.69, 9.17) is 24.6 Å². The first-order valence-electron chi connectivity index (χ1n) is 12.7. The van der Waals surface area contributed by atoms with E-state index in [9.17, 15) is 9.59 Å². The lowest BCUT2D eigenvalue weighted by molar-refractivity contribution is -0.108. The molecule has 0 bridgehead atoms. The summed E-state index contributed by atoms with van der Waals surface area (Å²) in [5.74, 6) is 0.447. The molecule has 0 spiro atoms. The number of pyridine rings is 3. The number of alkyl halides is 1. The first-order valence-corrected chi connectivity index (χ1v) is 13.6. The predicted octanol–water partition coefficient (Wildman–Crippen LogP) is 7.98. The van der Waals surface area contributed by atoms with Crippen molar-refractivity contribution in [2.45, 2.75) is 67.8 Å². The van der Waals surface area contributed by atoms with Crippen molar-refractivity contribution < 1.29 is 9.59 Å². The van der Waals surface area contributed by atoms with E-state index in [0.717, 1.165) is 40.8 Å². The normalized spacial score (nSPS) is 9.33. The number of rotatable bonds is 3. The molecule has 242 valence electrons. The third kappa shape index (κ3) is 15.9. The number of halogens is 1. The zero-order valence-corrected chi connectivity index (χ0v) is 25.6. The van der Waals surface area contributed by atoms with E-state index < -0.39 is 0 Å². The number of carbonyl (C=O) groups is 2. The minimum absolute atomic E-state index is 0. The zero-order valence-electron chi connectivity index (χ0n) is 24.0. The highest BCUT2D eigenvalue weighted by Crippen LogP contribution is 2.14. The van der Waals surface area contributed by atoms with Crippen molar-refractivity contribution in [3.05, 3.63) is 107 Å². The Labute approximate surface area is 276 Å². The van der Waals surface area contributed by atoms with Crippen LogP contribution < -0.4 is 11.5 Å². The molecule has 0 saturated carbocycles. The fourth-order valence-corrected chi connectivity index (χ4v) is 2.89. The summed E-state index contributed by atoms with van der Waals surface area (Å²) in [6.45, 7) is 21.5. The first kappa shape index (κ1) is 44.5. The van der Waals surface area contributed by atoms with E-state index >= 15 is 0 Å². The van der Waals surface area contributed by atoms with Gasteiger partial charge in [-0.1, -0.05) is 63.3 Å². The molecule has 1 atom stereocenters. The van der Waals surface area contributed by atoms with Gasteiger partial charge in [-0.2, -0.15) is 0 Å². The topological polar surface area (TPSA) is 142 Å². The van der Waals surface area contributed by atoms with Crippen molar-refractivity contribution in [2.24, 2.45) is 5.73 Å². The molecular weight excluding hydrogens is 634 g/mol. The second-order valence-corrected chi connectivity index (χ2v) is 9.88. The maximum absolute atomic E-state index is 9.46. The van der Waals surface area contributed by atoms with E-state index in [-0.39, 0.29) is 27.1 Å². The molecule has 11 nitrogen and oxygen atoms in total. The minimum Gasteiger partial charge on any atom is -0.384 e. The number of hydrogen-bond acceptors (Lipinski definition) is 7. The summed E-state index contributed by atoms with van der Waals surface area (Å²) in [7, 11) is 0. The van der Waals surface area contributed by atoms with Crippen LogP contribution in [0.3, 0.4) is 0 Å². The molecule has 0 aliphatic heterocycles. The van der Waals surface area contributed by atoms with Crippen LogP contribution in [-0.2, 0) is 16.1 Å². The number of imidazole rings is 2. The van der Waals surface area contributed by atoms with Gasteiger partial charge in [0.05, 0.1) is 18.0 Å². The van der Waals surface area contributed by atoms with Crippen molar-refractivity contribution in [2.75, 3.05) is 5.73 Å². The van der Waals surface area contributed by atoms with E-state index in [1.165, 1.54) is 6.20 Å². The van der Waals surface area contributed by atoms with Crippen LogP contribution in [0.2, 0.25) is 0 Å². The lowest BCUT2D eigenvalue weighted by atomic mass is 10.3. The highest BCUT2D eigenvalue weighted by atomic mass is 79.9. The zero-order chi connectivity index (χ0) is 31.5. The van der Waals surface area contributed by atoms with Gasteiger partial charge >= 0.3 is 0 Å². The van der Waals surface area contributed by atoms with E-state index in [0.29, 0.717) is 30.2 Å². The van der Waals surface area contributed by atoms with Gasteiger partial charge in [0.25, 0.3) is 0 Å². The summed E-state index contributed by atoms with van der Waals surface area (Å²) in [6.07, 6.45) is 11.3. The largest absolute Gasteiger partial charge is 0.384 e. The minimum atomic E-state index is 0. The van der Waals surface area contributed by atoms with Crippen molar-refractivity contribution in [3.63, 3.8) is 0 Å². The molecule has 5 aromatic heterocycles. The molecule has 0 saturated heterocycles. The molecule has 5 heterocycles. The molecule has 45 heavy (non-hydrogen) atoms. The van der Waals surface area contributed by atoms with Gasteiger partial charge in [0, 0.05) is 55.3 Å². The SMILES string of the molecule is C.C.C.CC(Br)C=O.CCC=O.Cc1cnc2ccc(CN)cn12.[C-]#[N+]c1ccc(N)nc1.[C-]#[N+]c1ccc2ncc(C)n2c1. The summed E-state index contributed by atoms with van der Waals surface area (Å²) < 4.78 is 3.95. The van der Waals surface area contributed by atoms with Gasteiger partial charge in [0.15, 0.2) is 0 Å². The Bertz CT molecular complexity index is 1630. The van der Waals surface area contributed by atoms with Gasteiger partial charge in [0.2, 0.25) is 11.4 Å². The van der Waals surface area contributed by atoms with Crippen LogP contribution in [0.15, 0.2) is 67.4 Å².